The van der Waals surface area contributed by atoms with Crippen LogP contribution in [0.2, 0.25) is 0 Å². The van der Waals surface area contributed by atoms with Gasteiger partial charge in [-0.3, -0.25) is 0 Å². The number of carbonyl (C=O) groups is 1. The number of nitrogens with one attached hydrogen (secondary N) is 1. The van der Waals surface area contributed by atoms with Crippen molar-refractivity contribution >= 4 is 11.7 Å². The first-order chi connectivity index (χ1) is 8.65. The van der Waals surface area contributed by atoms with Crippen LogP contribution in [0.4, 0.5) is 5.69 Å². The number of fused-ring (bicyclic) bond motifs is 2. The van der Waals surface area contributed by atoms with Crippen LogP contribution in [0.1, 0.15) is 35.2 Å². The number of benzene rings is 1. The average Bonchev–Trinajstić information content (AvgIpc) is 2.93. The molecule has 0 amide bonds. The van der Waals surface area contributed by atoms with Crippen LogP contribution in [0.3, 0.4) is 0 Å². The third-order valence-electron chi connectivity index (χ3n) is 3.94. The first kappa shape index (κ1) is 11.5. The number of aryl methyl sites for hydroxylation is 1. The standard InChI is InChI=1S/C14H17NO3/c1-8-3-2-4-10(14(16)17)13(8)15-11-7-9-5-6-12(11)18-9/h2-4,9,11-12,15H,5-7H2,1H3,(H,16,17). The summed E-state index contributed by atoms with van der Waals surface area (Å²) in [6.07, 6.45) is 3.82. The molecule has 0 aromatic heterocycles. The van der Waals surface area contributed by atoms with E-state index in [4.69, 9.17) is 4.74 Å². The first-order valence-electron chi connectivity index (χ1n) is 6.40. The van der Waals surface area contributed by atoms with E-state index < -0.39 is 5.97 Å². The Morgan fingerprint density at radius 3 is 2.89 bits per heavy atom. The number of rotatable bonds is 3. The Morgan fingerprint density at radius 1 is 1.44 bits per heavy atom. The van der Waals surface area contributed by atoms with Gasteiger partial charge in [-0.25, -0.2) is 4.79 Å². The molecule has 0 saturated carbocycles. The van der Waals surface area contributed by atoms with E-state index >= 15 is 0 Å². The maximum absolute atomic E-state index is 11.2. The molecular formula is C14H17NO3. The topological polar surface area (TPSA) is 58.6 Å². The van der Waals surface area contributed by atoms with Crippen LogP contribution >= 0.6 is 0 Å². The second-order valence-electron chi connectivity index (χ2n) is 5.16. The Hall–Kier alpha value is -1.55. The molecule has 4 nitrogen and oxygen atoms in total. The third kappa shape index (κ3) is 1.86. The number of aromatic carboxylic acids is 1. The molecule has 0 aliphatic carbocycles. The van der Waals surface area contributed by atoms with Crippen LogP contribution < -0.4 is 5.32 Å². The fourth-order valence-corrected chi connectivity index (χ4v) is 3.01. The van der Waals surface area contributed by atoms with Gasteiger partial charge in [0.05, 0.1) is 29.5 Å². The molecule has 2 aliphatic heterocycles. The third-order valence-corrected chi connectivity index (χ3v) is 3.94. The van der Waals surface area contributed by atoms with Gasteiger partial charge in [-0.15, -0.1) is 0 Å². The molecule has 18 heavy (non-hydrogen) atoms. The Kier molecular flexibility index (Phi) is 2.74. The van der Waals surface area contributed by atoms with Gasteiger partial charge in [-0.1, -0.05) is 12.1 Å². The van der Waals surface area contributed by atoms with Gasteiger partial charge in [-0.2, -0.15) is 0 Å². The predicted molar refractivity (Wildman–Crippen MR) is 68.1 cm³/mol. The highest BCUT2D eigenvalue weighted by Gasteiger charge is 2.41. The summed E-state index contributed by atoms with van der Waals surface area (Å²) in [6, 6.07) is 5.61. The lowest BCUT2D eigenvalue weighted by atomic mass is 9.94. The van der Waals surface area contributed by atoms with E-state index in [1.165, 1.54) is 0 Å². The largest absolute Gasteiger partial charge is 0.478 e. The molecule has 2 fully saturated rings. The zero-order valence-electron chi connectivity index (χ0n) is 10.3. The number of anilines is 1. The van der Waals surface area contributed by atoms with Gasteiger partial charge >= 0.3 is 5.97 Å². The lowest BCUT2D eigenvalue weighted by molar-refractivity contribution is 0.0697. The summed E-state index contributed by atoms with van der Waals surface area (Å²) in [7, 11) is 0. The van der Waals surface area contributed by atoms with Crippen molar-refractivity contribution in [3.05, 3.63) is 29.3 Å². The summed E-state index contributed by atoms with van der Waals surface area (Å²) in [4.78, 5) is 11.2. The number of hydrogen-bond acceptors (Lipinski definition) is 3. The van der Waals surface area contributed by atoms with Crippen molar-refractivity contribution in [3.8, 4) is 0 Å². The van der Waals surface area contributed by atoms with Crippen molar-refractivity contribution in [1.29, 1.82) is 0 Å². The summed E-state index contributed by atoms with van der Waals surface area (Å²) in [5, 5.41) is 12.6. The minimum absolute atomic E-state index is 0.247. The summed E-state index contributed by atoms with van der Waals surface area (Å²) < 4.78 is 5.79. The van der Waals surface area contributed by atoms with Crippen molar-refractivity contribution in [2.24, 2.45) is 0 Å². The van der Waals surface area contributed by atoms with E-state index in [0.717, 1.165) is 30.5 Å². The summed E-state index contributed by atoms with van der Waals surface area (Å²) in [5.74, 6) is -0.884. The molecule has 2 saturated heterocycles. The van der Waals surface area contributed by atoms with E-state index in [1.807, 2.05) is 13.0 Å². The Labute approximate surface area is 106 Å². The molecule has 3 unspecified atom stereocenters. The highest BCUT2D eigenvalue weighted by atomic mass is 16.5. The smallest absolute Gasteiger partial charge is 0.337 e. The minimum atomic E-state index is -0.884. The van der Waals surface area contributed by atoms with Crippen LogP contribution in [0.15, 0.2) is 18.2 Å². The van der Waals surface area contributed by atoms with Crippen LogP contribution in [-0.4, -0.2) is 29.3 Å². The zero-order valence-corrected chi connectivity index (χ0v) is 10.3. The lowest BCUT2D eigenvalue weighted by Crippen LogP contribution is -2.31. The molecule has 3 atom stereocenters. The molecule has 4 heteroatoms. The van der Waals surface area contributed by atoms with Crippen molar-refractivity contribution in [2.75, 3.05) is 5.32 Å². The average molecular weight is 247 g/mol. The molecule has 2 aliphatic rings. The fourth-order valence-electron chi connectivity index (χ4n) is 3.01. The molecule has 0 radical (unpaired) electrons. The molecule has 0 spiro atoms. The van der Waals surface area contributed by atoms with E-state index in [9.17, 15) is 9.90 Å². The predicted octanol–water partition coefficient (Wildman–Crippen LogP) is 2.43. The molecule has 1 aromatic carbocycles. The van der Waals surface area contributed by atoms with Crippen molar-refractivity contribution in [3.63, 3.8) is 0 Å². The number of para-hydroxylation sites is 1. The van der Waals surface area contributed by atoms with Crippen LogP contribution in [0.25, 0.3) is 0 Å². The number of hydrogen-bond donors (Lipinski definition) is 2. The van der Waals surface area contributed by atoms with Crippen LogP contribution in [0, 0.1) is 6.92 Å². The van der Waals surface area contributed by atoms with Crippen LogP contribution in [0.5, 0.6) is 0 Å². The van der Waals surface area contributed by atoms with Gasteiger partial charge in [0.15, 0.2) is 0 Å². The SMILES string of the molecule is Cc1cccc(C(=O)O)c1NC1CC2CCC1O2. The number of ether oxygens (including phenoxy) is 1. The van der Waals surface area contributed by atoms with E-state index in [1.54, 1.807) is 12.1 Å². The van der Waals surface area contributed by atoms with Crippen molar-refractivity contribution < 1.29 is 14.6 Å². The van der Waals surface area contributed by atoms with Crippen LogP contribution in [-0.2, 0) is 4.74 Å². The Balaban J connectivity index is 1.86. The highest BCUT2D eigenvalue weighted by molar-refractivity contribution is 5.95. The molecule has 2 N–H and O–H groups in total. The Morgan fingerprint density at radius 2 is 2.28 bits per heavy atom. The number of carboxylic acids is 1. The summed E-state index contributed by atoms with van der Waals surface area (Å²) in [5.41, 5.74) is 2.06. The zero-order chi connectivity index (χ0) is 12.7. The maximum atomic E-state index is 11.2. The lowest BCUT2D eigenvalue weighted by Gasteiger charge is -2.23. The van der Waals surface area contributed by atoms with Gasteiger partial charge in [0, 0.05) is 0 Å². The van der Waals surface area contributed by atoms with Crippen molar-refractivity contribution in [1.82, 2.24) is 0 Å². The van der Waals surface area contributed by atoms with Crippen molar-refractivity contribution in [2.45, 2.75) is 44.4 Å². The quantitative estimate of drug-likeness (QED) is 0.861. The fraction of sp³-hybridized carbons (Fsp3) is 0.500. The highest BCUT2D eigenvalue weighted by Crippen LogP contribution is 2.37. The molecular weight excluding hydrogens is 230 g/mol. The first-order valence-corrected chi connectivity index (χ1v) is 6.40. The number of carboxylic acid groups (broad SMARTS) is 1. The normalized spacial score (nSPS) is 29.5. The van der Waals surface area contributed by atoms with Gasteiger partial charge < -0.3 is 15.2 Å². The van der Waals surface area contributed by atoms with E-state index in [0.29, 0.717) is 11.7 Å². The van der Waals surface area contributed by atoms with Gasteiger partial charge in [-0.05, 0) is 37.8 Å². The summed E-state index contributed by atoms with van der Waals surface area (Å²) in [6.45, 7) is 1.93. The summed E-state index contributed by atoms with van der Waals surface area (Å²) >= 11 is 0. The van der Waals surface area contributed by atoms with E-state index in [2.05, 4.69) is 5.32 Å². The molecule has 2 bridgehead atoms. The van der Waals surface area contributed by atoms with E-state index in [-0.39, 0.29) is 12.1 Å². The Bertz CT molecular complexity index is 486. The second-order valence-corrected chi connectivity index (χ2v) is 5.16. The molecule has 1 aromatic rings. The van der Waals surface area contributed by atoms with Gasteiger partial charge in [0.1, 0.15) is 0 Å². The van der Waals surface area contributed by atoms with Gasteiger partial charge in [0.25, 0.3) is 0 Å². The minimum Gasteiger partial charge on any atom is -0.478 e. The molecule has 3 rings (SSSR count). The van der Waals surface area contributed by atoms with Gasteiger partial charge in [0.2, 0.25) is 0 Å². The monoisotopic (exact) mass is 247 g/mol. The maximum Gasteiger partial charge on any atom is 0.337 e. The second kappa shape index (κ2) is 4.28. The molecule has 2 heterocycles. The molecule has 96 valence electrons.